The zero-order valence-corrected chi connectivity index (χ0v) is 26.8. The summed E-state index contributed by atoms with van der Waals surface area (Å²) in [5.74, 6) is -1.25. The van der Waals surface area contributed by atoms with Crippen LogP contribution in [0.15, 0.2) is 108 Å². The van der Waals surface area contributed by atoms with Crippen molar-refractivity contribution in [3.63, 3.8) is 0 Å². The molecule has 254 valence electrons. The molecule has 0 atom stereocenters. The quantitative estimate of drug-likeness (QED) is 0.0474. The van der Waals surface area contributed by atoms with Crippen LogP contribution in [0.1, 0.15) is 10.4 Å². The first-order valence-electron chi connectivity index (χ1n) is 13.6. The maximum Gasteiger partial charge on any atom is 0.306 e. The first kappa shape index (κ1) is 34.7. The maximum atomic E-state index is 12.9. The molecule has 0 saturated carbocycles. The summed E-state index contributed by atoms with van der Waals surface area (Å²) in [4.78, 5) is 29.3. The van der Waals surface area contributed by atoms with Gasteiger partial charge in [0.05, 0.1) is 34.8 Å². The normalized spacial score (nSPS) is 11.9. The Labute approximate surface area is 281 Å². The second kappa shape index (κ2) is 13.9. The highest BCUT2D eigenvalue weighted by molar-refractivity contribution is 7.86. The molecule has 5 rings (SSSR count). The van der Waals surface area contributed by atoms with Gasteiger partial charge in [-0.1, -0.05) is 6.07 Å². The molecule has 1 heterocycles. The maximum absolute atomic E-state index is 12.9. The Hall–Kier alpha value is -6.60. The molecule has 19 nitrogen and oxygen atoms in total. The molecule has 0 spiro atoms. The number of nitriles is 1. The van der Waals surface area contributed by atoms with Gasteiger partial charge >= 0.3 is 5.56 Å². The average Bonchev–Trinajstić information content (AvgIpc) is 3.06. The van der Waals surface area contributed by atoms with Gasteiger partial charge in [-0.05, 0) is 66.0 Å². The van der Waals surface area contributed by atoms with E-state index in [2.05, 4.69) is 41.1 Å². The molecule has 0 radical (unpaired) electrons. The molecule has 0 bridgehead atoms. The van der Waals surface area contributed by atoms with Gasteiger partial charge in [-0.25, -0.2) is 0 Å². The van der Waals surface area contributed by atoms with E-state index in [9.17, 15) is 40.6 Å². The summed E-state index contributed by atoms with van der Waals surface area (Å²) in [5.41, 5.74) is -0.318. The minimum Gasteiger partial charge on any atom is -0.494 e. The number of hydrogen-bond donors (Lipinski definition) is 6. The molecule has 4 aromatic carbocycles. The lowest BCUT2D eigenvalue weighted by Crippen LogP contribution is -2.12. The molecule has 1 amide bonds. The third-order valence-electron chi connectivity index (χ3n) is 6.61. The molecule has 0 aliphatic heterocycles. The molecule has 0 unspecified atom stereocenters. The van der Waals surface area contributed by atoms with E-state index in [0.29, 0.717) is 6.07 Å². The van der Waals surface area contributed by atoms with E-state index >= 15 is 0 Å². The fraction of sp³-hybridized carbons (Fsp3) is 0.0345. The van der Waals surface area contributed by atoms with E-state index < -0.39 is 53.1 Å². The number of aromatic hydroxyl groups is 1. The monoisotopic (exact) mass is 719 g/mol. The Bertz CT molecular complexity index is 2550. The minimum absolute atomic E-state index is 0.0738. The fourth-order valence-corrected chi connectivity index (χ4v) is 5.66. The molecule has 0 aliphatic rings. The number of fused-ring (bicyclic) bond motifs is 1. The second-order valence-electron chi connectivity index (χ2n) is 9.89. The molecule has 50 heavy (non-hydrogen) atoms. The van der Waals surface area contributed by atoms with Crippen molar-refractivity contribution in [2.45, 2.75) is 9.79 Å². The number of aromatic nitrogens is 2. The van der Waals surface area contributed by atoms with Crippen LogP contribution >= 0.6 is 0 Å². The zero-order chi connectivity index (χ0) is 36.2. The number of ether oxygens (including phenoxy) is 1. The molecule has 5 aromatic rings. The van der Waals surface area contributed by atoms with Crippen molar-refractivity contribution >= 4 is 71.3 Å². The first-order valence-corrected chi connectivity index (χ1v) is 16.5. The summed E-state index contributed by atoms with van der Waals surface area (Å²) in [6.07, 6.45) is 1.55. The van der Waals surface area contributed by atoms with E-state index in [1.54, 1.807) is 6.19 Å². The molecule has 6 N–H and O–H groups in total. The number of H-pyrrole nitrogens is 1. The van der Waals surface area contributed by atoms with Gasteiger partial charge in [0.15, 0.2) is 6.19 Å². The third-order valence-corrected chi connectivity index (χ3v) is 8.33. The molecule has 1 aromatic heterocycles. The number of rotatable bonds is 10. The standard InChI is InChI=1S/C29H21N9O10S2/c1-48-23-12-19(37-36-18-7-4-16-10-20(49(42,43)44)13-24(21(16)11-18)50(45,46)47)8-9-22(23)32-26(39)15-2-5-17(6-3-15)35-38-25-27(40)33-29(31-14-30)34-28(25)41/h2-13H,1H3,(H,32,39)(H,42,43,44)(H,45,46,47)(H3,31,33,34,40,41). The molecule has 0 fully saturated rings. The van der Waals surface area contributed by atoms with E-state index in [-0.39, 0.29) is 50.8 Å². The smallest absolute Gasteiger partial charge is 0.306 e. The second-order valence-corrected chi connectivity index (χ2v) is 12.7. The number of azo groups is 2. The lowest BCUT2D eigenvalue weighted by atomic mass is 10.1. The number of carbonyl (C=O) groups is 1. The van der Waals surface area contributed by atoms with Crippen molar-refractivity contribution in [1.82, 2.24) is 9.97 Å². The Morgan fingerprint density at radius 2 is 1.52 bits per heavy atom. The number of benzene rings is 4. The zero-order valence-electron chi connectivity index (χ0n) is 25.1. The van der Waals surface area contributed by atoms with Crippen LogP contribution in [0.2, 0.25) is 0 Å². The topological polar surface area (TPSA) is 298 Å². The van der Waals surface area contributed by atoms with E-state index in [1.807, 2.05) is 0 Å². The Kier molecular flexibility index (Phi) is 9.63. The number of nitrogens with zero attached hydrogens (tertiary/aromatic N) is 6. The number of amides is 1. The summed E-state index contributed by atoms with van der Waals surface area (Å²) in [7, 11) is -8.31. The number of nitrogens with one attached hydrogen (secondary N) is 3. The van der Waals surface area contributed by atoms with Crippen LogP contribution in [0.4, 0.5) is 34.4 Å². The first-order chi connectivity index (χ1) is 23.7. The van der Waals surface area contributed by atoms with Crippen molar-refractivity contribution in [3.8, 4) is 17.8 Å². The van der Waals surface area contributed by atoms with E-state index in [1.165, 1.54) is 67.8 Å². The molecular weight excluding hydrogens is 699 g/mol. The summed E-state index contributed by atoms with van der Waals surface area (Å²) in [6.45, 7) is 0. The number of carbonyl (C=O) groups excluding carboxylic acids is 1. The predicted octanol–water partition coefficient (Wildman–Crippen LogP) is 5.11. The van der Waals surface area contributed by atoms with Gasteiger partial charge in [0.25, 0.3) is 26.1 Å². The summed E-state index contributed by atoms with van der Waals surface area (Å²) in [6, 6.07) is 15.8. The Balaban J connectivity index is 1.31. The van der Waals surface area contributed by atoms with Crippen LogP contribution in [0.3, 0.4) is 0 Å². The third kappa shape index (κ3) is 7.91. The van der Waals surface area contributed by atoms with Gasteiger partial charge in [-0.2, -0.15) is 42.4 Å². The number of hydrogen-bond acceptors (Lipinski definition) is 15. The van der Waals surface area contributed by atoms with Crippen LogP contribution in [0, 0.1) is 11.5 Å². The van der Waals surface area contributed by atoms with Crippen LogP contribution in [0.25, 0.3) is 10.8 Å². The summed E-state index contributed by atoms with van der Waals surface area (Å²) in [5, 5.41) is 39.0. The van der Waals surface area contributed by atoms with Gasteiger partial charge in [0, 0.05) is 17.0 Å². The van der Waals surface area contributed by atoms with Gasteiger partial charge in [0.2, 0.25) is 17.5 Å². The molecule has 0 aliphatic carbocycles. The fourth-order valence-electron chi connectivity index (χ4n) is 4.31. The SMILES string of the molecule is COc1cc(N=Nc2ccc3cc(S(=O)(=O)O)cc(S(=O)(=O)O)c3c2)ccc1NC(=O)c1ccc(N=Nc2c(O)[nH]c(NC#N)nc2=O)cc1. The molecule has 0 saturated heterocycles. The van der Waals surface area contributed by atoms with Crippen LogP contribution in [-0.4, -0.2) is 54.0 Å². The van der Waals surface area contributed by atoms with E-state index in [4.69, 9.17) is 10.00 Å². The predicted molar refractivity (Wildman–Crippen MR) is 175 cm³/mol. The largest absolute Gasteiger partial charge is 0.494 e. The van der Waals surface area contributed by atoms with Crippen molar-refractivity contribution in [3.05, 3.63) is 88.7 Å². The lowest BCUT2D eigenvalue weighted by molar-refractivity contribution is 0.102. The summed E-state index contributed by atoms with van der Waals surface area (Å²) >= 11 is 0. The van der Waals surface area contributed by atoms with Gasteiger partial charge in [-0.15, -0.1) is 5.11 Å². The molecule has 21 heteroatoms. The average molecular weight is 720 g/mol. The van der Waals surface area contributed by atoms with E-state index in [0.717, 1.165) is 6.07 Å². The number of methoxy groups -OCH3 is 1. The Morgan fingerprint density at radius 1 is 0.880 bits per heavy atom. The van der Waals surface area contributed by atoms with Crippen molar-refractivity contribution in [2.24, 2.45) is 20.5 Å². The molecular formula is C29H21N9O10S2. The van der Waals surface area contributed by atoms with Gasteiger partial charge < -0.3 is 15.2 Å². The van der Waals surface area contributed by atoms with Crippen molar-refractivity contribution < 1.29 is 40.6 Å². The highest BCUT2D eigenvalue weighted by Crippen LogP contribution is 2.33. The van der Waals surface area contributed by atoms with Crippen LogP contribution in [0.5, 0.6) is 11.6 Å². The van der Waals surface area contributed by atoms with Gasteiger partial charge in [-0.3, -0.25) is 29.0 Å². The van der Waals surface area contributed by atoms with Crippen molar-refractivity contribution in [1.29, 1.82) is 5.26 Å². The lowest BCUT2D eigenvalue weighted by Gasteiger charge is -2.11. The number of aromatic amines is 1. The van der Waals surface area contributed by atoms with Gasteiger partial charge in [0.1, 0.15) is 10.6 Å². The highest BCUT2D eigenvalue weighted by Gasteiger charge is 2.21. The minimum atomic E-state index is -4.90. The number of anilines is 2. The van der Waals surface area contributed by atoms with Crippen LogP contribution < -0.4 is 20.9 Å². The Morgan fingerprint density at radius 3 is 2.14 bits per heavy atom. The van der Waals surface area contributed by atoms with Crippen LogP contribution in [-0.2, 0) is 20.2 Å². The van der Waals surface area contributed by atoms with Crippen molar-refractivity contribution in [2.75, 3.05) is 17.7 Å². The highest BCUT2D eigenvalue weighted by atomic mass is 32.2. The summed E-state index contributed by atoms with van der Waals surface area (Å²) < 4.78 is 71.5.